The highest BCUT2D eigenvalue weighted by molar-refractivity contribution is 6.07. The van der Waals surface area contributed by atoms with E-state index in [-0.39, 0.29) is 18.2 Å². The smallest absolute Gasteiger partial charge is 0.252 e. The maximum atomic E-state index is 12.3. The van der Waals surface area contributed by atoms with Gasteiger partial charge in [0.2, 0.25) is 11.9 Å². The number of rotatable bonds is 5. The molecule has 7 nitrogen and oxygen atoms in total. The lowest BCUT2D eigenvalue weighted by atomic mass is 10.2. The van der Waals surface area contributed by atoms with Crippen LogP contribution in [0, 0.1) is 0 Å². The van der Waals surface area contributed by atoms with Crippen LogP contribution in [0.15, 0.2) is 65.7 Å². The van der Waals surface area contributed by atoms with Crippen LogP contribution in [0.4, 0.5) is 5.69 Å². The third-order valence-electron chi connectivity index (χ3n) is 5.17. The molecule has 1 fully saturated rings. The van der Waals surface area contributed by atoms with E-state index in [1.54, 1.807) is 0 Å². The Morgan fingerprint density at radius 2 is 1.66 bits per heavy atom. The molecule has 2 aliphatic rings. The van der Waals surface area contributed by atoms with Crippen molar-refractivity contribution in [3.8, 4) is 0 Å². The summed E-state index contributed by atoms with van der Waals surface area (Å²) < 4.78 is 0. The molecule has 4 rings (SSSR count). The van der Waals surface area contributed by atoms with Gasteiger partial charge in [-0.3, -0.25) is 19.8 Å². The lowest BCUT2D eigenvalue weighted by Gasteiger charge is -2.35. The molecule has 0 aromatic heterocycles. The second-order valence-electron chi connectivity index (χ2n) is 7.32. The zero-order valence-electron chi connectivity index (χ0n) is 16.3. The third-order valence-corrected chi connectivity index (χ3v) is 5.17. The molecule has 2 N–H and O–H groups in total. The first kappa shape index (κ1) is 19.1. The van der Waals surface area contributed by atoms with E-state index >= 15 is 0 Å². The van der Waals surface area contributed by atoms with Gasteiger partial charge in [-0.15, -0.1) is 0 Å². The summed E-state index contributed by atoms with van der Waals surface area (Å²) in [6.45, 7) is 4.34. The van der Waals surface area contributed by atoms with Crippen molar-refractivity contribution >= 4 is 23.5 Å². The first-order valence-electron chi connectivity index (χ1n) is 9.92. The molecule has 0 spiro atoms. The van der Waals surface area contributed by atoms with E-state index in [9.17, 15) is 9.59 Å². The number of carbonyl (C=O) groups excluding carboxylic acids is 2. The fourth-order valence-corrected chi connectivity index (χ4v) is 3.60. The Kier molecular flexibility index (Phi) is 5.86. The monoisotopic (exact) mass is 391 g/mol. The summed E-state index contributed by atoms with van der Waals surface area (Å²) in [6.07, 6.45) is 0.0399. The van der Waals surface area contributed by atoms with E-state index < -0.39 is 6.04 Å². The number of amides is 2. The Hall–Kier alpha value is -3.19. The standard InChI is InChI=1S/C22H25N5O2/c28-20(23-18-9-5-2-6-10-18)15-19-21(29)25-22(24-19)27-13-11-26(12-14-27)16-17-7-3-1-4-8-17/h1-10,19H,11-16H2,(H,23,28)(H,24,25,29)/t19-/m1/s1. The summed E-state index contributed by atoms with van der Waals surface area (Å²) in [6, 6.07) is 19.0. The molecule has 0 radical (unpaired) electrons. The van der Waals surface area contributed by atoms with E-state index in [0.29, 0.717) is 5.96 Å². The molecule has 2 aliphatic heterocycles. The minimum Gasteiger partial charge on any atom is -0.340 e. The van der Waals surface area contributed by atoms with Crippen LogP contribution in [0.25, 0.3) is 0 Å². The predicted molar refractivity (Wildman–Crippen MR) is 112 cm³/mol. The highest BCUT2D eigenvalue weighted by atomic mass is 16.2. The van der Waals surface area contributed by atoms with Gasteiger partial charge in [0, 0.05) is 38.4 Å². The van der Waals surface area contributed by atoms with Gasteiger partial charge < -0.3 is 10.2 Å². The van der Waals surface area contributed by atoms with Crippen LogP contribution >= 0.6 is 0 Å². The average Bonchev–Trinajstić information content (AvgIpc) is 3.10. The van der Waals surface area contributed by atoms with Gasteiger partial charge in [0.25, 0.3) is 5.91 Å². The number of guanidine groups is 1. The van der Waals surface area contributed by atoms with E-state index in [0.717, 1.165) is 38.4 Å². The normalized spacial score (nSPS) is 19.6. The first-order valence-corrected chi connectivity index (χ1v) is 9.92. The van der Waals surface area contributed by atoms with Crippen LogP contribution < -0.4 is 10.6 Å². The third kappa shape index (κ3) is 5.00. The molecule has 29 heavy (non-hydrogen) atoms. The van der Waals surface area contributed by atoms with E-state index in [1.165, 1.54) is 5.56 Å². The number of benzene rings is 2. The second kappa shape index (κ2) is 8.87. The Labute approximate surface area is 170 Å². The van der Waals surface area contributed by atoms with Crippen molar-refractivity contribution in [2.24, 2.45) is 4.99 Å². The van der Waals surface area contributed by atoms with E-state index in [4.69, 9.17) is 0 Å². The average molecular weight is 391 g/mol. The molecule has 2 aromatic rings. The quantitative estimate of drug-likeness (QED) is 0.813. The van der Waals surface area contributed by atoms with Gasteiger partial charge in [0.1, 0.15) is 6.04 Å². The highest BCUT2D eigenvalue weighted by Crippen LogP contribution is 2.14. The van der Waals surface area contributed by atoms with Gasteiger partial charge in [0.05, 0.1) is 6.42 Å². The van der Waals surface area contributed by atoms with Gasteiger partial charge >= 0.3 is 0 Å². The summed E-state index contributed by atoms with van der Waals surface area (Å²) in [7, 11) is 0. The molecule has 2 aromatic carbocycles. The predicted octanol–water partition coefficient (Wildman–Crippen LogP) is 1.69. The fourth-order valence-electron chi connectivity index (χ4n) is 3.60. The molecular weight excluding hydrogens is 366 g/mol. The number of hydrogen-bond donors (Lipinski definition) is 2. The minimum absolute atomic E-state index is 0.0399. The fraction of sp³-hybridized carbons (Fsp3) is 0.318. The topological polar surface area (TPSA) is 77.0 Å². The number of para-hydroxylation sites is 1. The number of hydrogen-bond acceptors (Lipinski definition) is 5. The lowest BCUT2D eigenvalue weighted by Crippen LogP contribution is -2.51. The van der Waals surface area contributed by atoms with E-state index in [2.05, 4.69) is 49.7 Å². The first-order chi connectivity index (χ1) is 14.2. The zero-order chi connectivity index (χ0) is 20.1. The molecule has 0 unspecified atom stereocenters. The van der Waals surface area contributed by atoms with Gasteiger partial charge in [-0.2, -0.15) is 0 Å². The van der Waals surface area contributed by atoms with Crippen molar-refractivity contribution in [1.82, 2.24) is 15.1 Å². The van der Waals surface area contributed by atoms with Crippen molar-refractivity contribution in [2.75, 3.05) is 31.5 Å². The van der Waals surface area contributed by atoms with Gasteiger partial charge in [0.15, 0.2) is 0 Å². The Balaban J connectivity index is 1.28. The summed E-state index contributed by atoms with van der Waals surface area (Å²) in [5.41, 5.74) is 2.02. The number of aliphatic imine (C=N–C) groups is 1. The molecule has 2 heterocycles. The highest BCUT2D eigenvalue weighted by Gasteiger charge is 2.32. The molecular formula is C22H25N5O2. The van der Waals surface area contributed by atoms with Gasteiger partial charge in [-0.1, -0.05) is 48.5 Å². The summed E-state index contributed by atoms with van der Waals surface area (Å²) in [4.78, 5) is 33.5. The molecule has 2 amide bonds. The number of carbonyl (C=O) groups is 2. The molecule has 1 atom stereocenters. The molecule has 7 heteroatoms. The Morgan fingerprint density at radius 1 is 1.00 bits per heavy atom. The number of nitrogens with one attached hydrogen (secondary N) is 2. The molecule has 0 bridgehead atoms. The summed E-state index contributed by atoms with van der Waals surface area (Å²) >= 11 is 0. The van der Waals surface area contributed by atoms with Gasteiger partial charge in [-0.05, 0) is 17.7 Å². The van der Waals surface area contributed by atoms with Crippen LogP contribution in [0.5, 0.6) is 0 Å². The SMILES string of the molecule is O=C(C[C@H]1N=C(N2CCN(Cc3ccccc3)CC2)NC1=O)Nc1ccccc1. The van der Waals surface area contributed by atoms with Crippen molar-refractivity contribution in [2.45, 2.75) is 19.0 Å². The summed E-state index contributed by atoms with van der Waals surface area (Å²) in [5, 5.41) is 5.65. The maximum absolute atomic E-state index is 12.3. The Bertz CT molecular complexity index is 877. The van der Waals surface area contributed by atoms with Crippen LogP contribution in [0.3, 0.4) is 0 Å². The second-order valence-corrected chi connectivity index (χ2v) is 7.32. The van der Waals surface area contributed by atoms with Crippen molar-refractivity contribution in [3.63, 3.8) is 0 Å². The summed E-state index contributed by atoms with van der Waals surface area (Å²) in [5.74, 6) is 0.163. The lowest BCUT2D eigenvalue weighted by molar-refractivity contribution is -0.124. The van der Waals surface area contributed by atoms with Crippen LogP contribution in [-0.2, 0) is 16.1 Å². The number of piperazine rings is 1. The van der Waals surface area contributed by atoms with Gasteiger partial charge in [-0.25, -0.2) is 4.99 Å². The molecule has 1 saturated heterocycles. The molecule has 0 aliphatic carbocycles. The van der Waals surface area contributed by atoms with Crippen LogP contribution in [0.2, 0.25) is 0 Å². The largest absolute Gasteiger partial charge is 0.340 e. The minimum atomic E-state index is -0.670. The Morgan fingerprint density at radius 3 is 2.34 bits per heavy atom. The number of nitrogens with zero attached hydrogens (tertiary/aromatic N) is 3. The van der Waals surface area contributed by atoms with Crippen LogP contribution in [-0.4, -0.2) is 59.8 Å². The zero-order valence-corrected chi connectivity index (χ0v) is 16.3. The van der Waals surface area contributed by atoms with Crippen molar-refractivity contribution in [1.29, 1.82) is 0 Å². The van der Waals surface area contributed by atoms with E-state index in [1.807, 2.05) is 36.4 Å². The van der Waals surface area contributed by atoms with Crippen molar-refractivity contribution < 1.29 is 9.59 Å². The molecule has 0 saturated carbocycles. The maximum Gasteiger partial charge on any atom is 0.252 e. The van der Waals surface area contributed by atoms with Crippen molar-refractivity contribution in [3.05, 3.63) is 66.2 Å². The molecule has 150 valence electrons. The number of anilines is 1. The van der Waals surface area contributed by atoms with Crippen LogP contribution in [0.1, 0.15) is 12.0 Å².